The number of amides is 1. The van der Waals surface area contributed by atoms with Gasteiger partial charge in [-0.1, -0.05) is 0 Å². The van der Waals surface area contributed by atoms with Crippen molar-refractivity contribution in [2.75, 3.05) is 11.5 Å². The average Bonchev–Trinajstić information content (AvgIpc) is 2.53. The molecule has 1 aliphatic heterocycles. The van der Waals surface area contributed by atoms with Crippen LogP contribution in [0.25, 0.3) is 0 Å². The van der Waals surface area contributed by atoms with Gasteiger partial charge < -0.3 is 5.32 Å². The van der Waals surface area contributed by atoms with Crippen LogP contribution in [-0.4, -0.2) is 28.8 Å². The third-order valence-electron chi connectivity index (χ3n) is 2.06. The van der Waals surface area contributed by atoms with Gasteiger partial charge in [0, 0.05) is 6.04 Å². The SMILES string of the molecule is CC(C)NC(=O)C(Cl)C1CCSC1. The Morgan fingerprint density at radius 1 is 1.62 bits per heavy atom. The Balaban J connectivity index is 2.36. The molecule has 76 valence electrons. The van der Waals surface area contributed by atoms with Gasteiger partial charge in [0.2, 0.25) is 5.91 Å². The van der Waals surface area contributed by atoms with Crippen molar-refractivity contribution in [2.45, 2.75) is 31.7 Å². The van der Waals surface area contributed by atoms with Crippen LogP contribution in [0, 0.1) is 5.92 Å². The van der Waals surface area contributed by atoms with Gasteiger partial charge in [-0.2, -0.15) is 11.8 Å². The minimum atomic E-state index is -0.336. The van der Waals surface area contributed by atoms with Gasteiger partial charge in [-0.15, -0.1) is 11.6 Å². The molecule has 2 unspecified atom stereocenters. The predicted molar refractivity (Wildman–Crippen MR) is 58.4 cm³/mol. The molecule has 0 aromatic heterocycles. The summed E-state index contributed by atoms with van der Waals surface area (Å²) in [6, 6.07) is 0.183. The van der Waals surface area contributed by atoms with Crippen LogP contribution < -0.4 is 5.32 Å². The van der Waals surface area contributed by atoms with Crippen molar-refractivity contribution in [3.8, 4) is 0 Å². The molecule has 0 aliphatic carbocycles. The lowest BCUT2D eigenvalue weighted by Gasteiger charge is -2.17. The molecule has 1 amide bonds. The van der Waals surface area contributed by atoms with Crippen LogP contribution in [0.5, 0.6) is 0 Å². The summed E-state index contributed by atoms with van der Waals surface area (Å²) in [6.07, 6.45) is 1.07. The van der Waals surface area contributed by atoms with Gasteiger partial charge in [-0.3, -0.25) is 4.79 Å². The van der Waals surface area contributed by atoms with E-state index in [1.165, 1.54) is 0 Å². The van der Waals surface area contributed by atoms with E-state index in [-0.39, 0.29) is 17.3 Å². The van der Waals surface area contributed by atoms with Gasteiger partial charge in [0.05, 0.1) is 0 Å². The molecule has 1 N–H and O–H groups in total. The molecule has 0 spiro atoms. The van der Waals surface area contributed by atoms with E-state index in [4.69, 9.17) is 11.6 Å². The largest absolute Gasteiger partial charge is 0.353 e. The molecule has 1 fully saturated rings. The monoisotopic (exact) mass is 221 g/mol. The summed E-state index contributed by atoms with van der Waals surface area (Å²) < 4.78 is 0. The number of rotatable bonds is 3. The number of halogens is 1. The second kappa shape index (κ2) is 5.11. The number of hydrogen-bond donors (Lipinski definition) is 1. The zero-order valence-corrected chi connectivity index (χ0v) is 9.62. The van der Waals surface area contributed by atoms with Crippen LogP contribution in [0.2, 0.25) is 0 Å². The number of nitrogens with one attached hydrogen (secondary N) is 1. The van der Waals surface area contributed by atoms with Crippen molar-refractivity contribution in [3.05, 3.63) is 0 Å². The highest BCUT2D eigenvalue weighted by molar-refractivity contribution is 7.99. The van der Waals surface area contributed by atoms with E-state index in [2.05, 4.69) is 5.32 Å². The Morgan fingerprint density at radius 3 is 2.77 bits per heavy atom. The fraction of sp³-hybridized carbons (Fsp3) is 0.889. The normalized spacial score (nSPS) is 24.8. The second-order valence-corrected chi connectivity index (χ2v) is 5.31. The zero-order valence-electron chi connectivity index (χ0n) is 8.05. The van der Waals surface area contributed by atoms with Gasteiger partial charge in [-0.05, 0) is 37.7 Å². The third-order valence-corrected chi connectivity index (χ3v) is 3.80. The Hall–Kier alpha value is 0.110. The average molecular weight is 222 g/mol. The van der Waals surface area contributed by atoms with Crippen molar-refractivity contribution in [2.24, 2.45) is 5.92 Å². The van der Waals surface area contributed by atoms with Crippen LogP contribution >= 0.6 is 23.4 Å². The Morgan fingerprint density at radius 2 is 2.31 bits per heavy atom. The fourth-order valence-corrected chi connectivity index (χ4v) is 3.04. The van der Waals surface area contributed by atoms with Crippen molar-refractivity contribution in [1.82, 2.24) is 5.32 Å². The van der Waals surface area contributed by atoms with Crippen LogP contribution in [0.15, 0.2) is 0 Å². The highest BCUT2D eigenvalue weighted by atomic mass is 35.5. The lowest BCUT2D eigenvalue weighted by molar-refractivity contribution is -0.121. The summed E-state index contributed by atoms with van der Waals surface area (Å²) >= 11 is 7.94. The first kappa shape index (κ1) is 11.2. The van der Waals surface area contributed by atoms with Crippen LogP contribution in [-0.2, 0) is 4.79 Å². The minimum absolute atomic E-state index is 0.0100. The Bertz CT molecular complexity index is 180. The van der Waals surface area contributed by atoms with Gasteiger partial charge in [0.25, 0.3) is 0 Å². The molecule has 13 heavy (non-hydrogen) atoms. The van der Waals surface area contributed by atoms with E-state index in [9.17, 15) is 4.79 Å². The van der Waals surface area contributed by atoms with E-state index in [1.54, 1.807) is 0 Å². The fourth-order valence-electron chi connectivity index (χ4n) is 1.36. The molecule has 0 saturated carbocycles. The minimum Gasteiger partial charge on any atom is -0.353 e. The summed E-state index contributed by atoms with van der Waals surface area (Å²) in [5.74, 6) is 2.53. The molecule has 1 aliphatic rings. The smallest absolute Gasteiger partial charge is 0.238 e. The first-order chi connectivity index (χ1) is 6.11. The van der Waals surface area contributed by atoms with E-state index in [0.717, 1.165) is 17.9 Å². The number of alkyl halides is 1. The highest BCUT2D eigenvalue weighted by Crippen LogP contribution is 2.28. The molecule has 0 radical (unpaired) electrons. The third kappa shape index (κ3) is 3.39. The summed E-state index contributed by atoms with van der Waals surface area (Å²) in [6.45, 7) is 3.90. The number of carbonyl (C=O) groups is 1. The molecular formula is C9H16ClNOS. The maximum Gasteiger partial charge on any atom is 0.238 e. The molecule has 0 aromatic rings. The van der Waals surface area contributed by atoms with Crippen molar-refractivity contribution in [1.29, 1.82) is 0 Å². The Kier molecular flexibility index (Phi) is 4.39. The van der Waals surface area contributed by atoms with Crippen LogP contribution in [0.3, 0.4) is 0 Å². The van der Waals surface area contributed by atoms with E-state index >= 15 is 0 Å². The van der Waals surface area contributed by atoms with Crippen LogP contribution in [0.4, 0.5) is 0 Å². The van der Waals surface area contributed by atoms with Crippen LogP contribution in [0.1, 0.15) is 20.3 Å². The van der Waals surface area contributed by atoms with E-state index in [0.29, 0.717) is 5.92 Å². The predicted octanol–water partition coefficient (Wildman–Crippen LogP) is 1.87. The summed E-state index contributed by atoms with van der Waals surface area (Å²) in [5.41, 5.74) is 0. The van der Waals surface area contributed by atoms with E-state index < -0.39 is 0 Å². The van der Waals surface area contributed by atoms with Gasteiger partial charge in [-0.25, -0.2) is 0 Å². The first-order valence-electron chi connectivity index (χ1n) is 4.63. The number of thioether (sulfide) groups is 1. The molecule has 0 bridgehead atoms. The van der Waals surface area contributed by atoms with Gasteiger partial charge >= 0.3 is 0 Å². The standard InChI is InChI=1S/C9H16ClNOS/c1-6(2)11-9(12)8(10)7-3-4-13-5-7/h6-8H,3-5H2,1-2H3,(H,11,12). The van der Waals surface area contributed by atoms with Gasteiger partial charge in [0.15, 0.2) is 0 Å². The molecule has 1 rings (SSSR count). The molecule has 1 saturated heterocycles. The molecule has 2 nitrogen and oxygen atoms in total. The molecule has 0 aromatic carbocycles. The lowest BCUT2D eigenvalue weighted by atomic mass is 10.0. The zero-order chi connectivity index (χ0) is 9.84. The van der Waals surface area contributed by atoms with Crippen molar-refractivity contribution < 1.29 is 4.79 Å². The molecule has 1 heterocycles. The Labute approximate surface area is 88.8 Å². The number of carbonyl (C=O) groups excluding carboxylic acids is 1. The summed E-state index contributed by atoms with van der Waals surface area (Å²) in [5, 5.41) is 2.50. The van der Waals surface area contributed by atoms with E-state index in [1.807, 2.05) is 25.6 Å². The van der Waals surface area contributed by atoms with Crippen molar-refractivity contribution >= 4 is 29.3 Å². The van der Waals surface area contributed by atoms with Crippen molar-refractivity contribution in [3.63, 3.8) is 0 Å². The summed E-state index contributed by atoms with van der Waals surface area (Å²) in [7, 11) is 0. The number of hydrogen-bond acceptors (Lipinski definition) is 2. The molecule has 4 heteroatoms. The summed E-state index contributed by atoms with van der Waals surface area (Å²) in [4.78, 5) is 11.5. The quantitative estimate of drug-likeness (QED) is 0.738. The maximum atomic E-state index is 11.5. The molecule has 2 atom stereocenters. The highest BCUT2D eigenvalue weighted by Gasteiger charge is 2.29. The second-order valence-electron chi connectivity index (χ2n) is 3.69. The maximum absolute atomic E-state index is 11.5. The topological polar surface area (TPSA) is 29.1 Å². The molecular weight excluding hydrogens is 206 g/mol. The van der Waals surface area contributed by atoms with Gasteiger partial charge in [0.1, 0.15) is 5.38 Å². The lowest BCUT2D eigenvalue weighted by Crippen LogP contribution is -2.39. The first-order valence-corrected chi connectivity index (χ1v) is 6.22.